The van der Waals surface area contributed by atoms with Gasteiger partial charge in [-0.3, -0.25) is 0 Å². The molecular weight excluding hydrogens is 256 g/mol. The molecule has 2 rings (SSSR count). The Morgan fingerprint density at radius 3 is 2.60 bits per heavy atom. The van der Waals surface area contributed by atoms with Crippen LogP contribution in [0.4, 0.5) is 5.82 Å². The summed E-state index contributed by atoms with van der Waals surface area (Å²) in [6.07, 6.45) is 4.08. The van der Waals surface area contributed by atoms with Crippen LogP contribution in [0.25, 0.3) is 10.8 Å². The number of carboxylic acids is 1. The van der Waals surface area contributed by atoms with Gasteiger partial charge < -0.3 is 15.5 Å². The number of hydrogen-bond acceptors (Lipinski definition) is 4. The van der Waals surface area contributed by atoms with Crippen LogP contribution in [-0.2, 0) is 0 Å². The van der Waals surface area contributed by atoms with Gasteiger partial charge in [0.1, 0.15) is 5.82 Å². The van der Waals surface area contributed by atoms with Crippen molar-refractivity contribution in [1.29, 1.82) is 0 Å². The molecule has 0 unspecified atom stereocenters. The van der Waals surface area contributed by atoms with Crippen LogP contribution in [0.1, 0.15) is 29.6 Å². The molecule has 0 radical (unpaired) electrons. The first-order valence-corrected chi connectivity index (χ1v) is 6.70. The van der Waals surface area contributed by atoms with Crippen LogP contribution in [-0.4, -0.2) is 34.3 Å². The number of pyridine rings is 1. The topological polar surface area (TPSA) is 82.5 Å². The minimum absolute atomic E-state index is 0.214. The summed E-state index contributed by atoms with van der Waals surface area (Å²) in [6.45, 7) is 0.970. The van der Waals surface area contributed by atoms with Crippen molar-refractivity contribution in [2.24, 2.45) is 0 Å². The minimum Gasteiger partial charge on any atom is -0.478 e. The first-order chi connectivity index (χ1) is 9.74. The smallest absolute Gasteiger partial charge is 0.337 e. The van der Waals surface area contributed by atoms with Crippen molar-refractivity contribution in [2.45, 2.75) is 19.3 Å². The highest BCUT2D eigenvalue weighted by Crippen LogP contribution is 2.24. The molecule has 1 heterocycles. The number of carbonyl (C=O) groups is 1. The van der Waals surface area contributed by atoms with E-state index in [1.807, 2.05) is 18.2 Å². The van der Waals surface area contributed by atoms with Crippen LogP contribution in [0.2, 0.25) is 0 Å². The van der Waals surface area contributed by atoms with Gasteiger partial charge in [0.15, 0.2) is 0 Å². The van der Waals surface area contributed by atoms with Gasteiger partial charge in [0.05, 0.1) is 5.56 Å². The number of aliphatic hydroxyl groups excluding tert-OH is 1. The van der Waals surface area contributed by atoms with Crippen LogP contribution >= 0.6 is 0 Å². The lowest BCUT2D eigenvalue weighted by atomic mass is 10.1. The number of fused-ring (bicyclic) bond motifs is 1. The highest BCUT2D eigenvalue weighted by atomic mass is 16.4. The molecule has 0 aliphatic carbocycles. The average Bonchev–Trinajstić information content (AvgIpc) is 2.46. The Labute approximate surface area is 117 Å². The molecule has 106 valence electrons. The van der Waals surface area contributed by atoms with E-state index in [4.69, 9.17) is 10.2 Å². The van der Waals surface area contributed by atoms with E-state index in [0.717, 1.165) is 31.2 Å². The summed E-state index contributed by atoms with van der Waals surface area (Å²) >= 11 is 0. The van der Waals surface area contributed by atoms with Gasteiger partial charge in [-0.15, -0.1) is 0 Å². The fourth-order valence-corrected chi connectivity index (χ4v) is 2.12. The molecule has 0 fully saturated rings. The predicted octanol–water partition coefficient (Wildman–Crippen LogP) is 2.51. The summed E-state index contributed by atoms with van der Waals surface area (Å²) in [7, 11) is 0. The molecule has 0 aliphatic heterocycles. The molecule has 0 atom stereocenters. The number of rotatable bonds is 7. The first-order valence-electron chi connectivity index (χ1n) is 6.70. The Bertz CT molecular complexity index is 599. The van der Waals surface area contributed by atoms with Gasteiger partial charge in [-0.1, -0.05) is 24.3 Å². The maximum absolute atomic E-state index is 11.2. The Balaban J connectivity index is 2.18. The molecule has 0 saturated heterocycles. The lowest BCUT2D eigenvalue weighted by Gasteiger charge is -2.10. The fraction of sp³-hybridized carbons (Fsp3) is 0.333. The quantitative estimate of drug-likeness (QED) is 0.676. The average molecular weight is 274 g/mol. The second-order valence-corrected chi connectivity index (χ2v) is 4.58. The van der Waals surface area contributed by atoms with Gasteiger partial charge in [-0.25, -0.2) is 9.78 Å². The zero-order valence-corrected chi connectivity index (χ0v) is 11.2. The van der Waals surface area contributed by atoms with Crippen LogP contribution in [0.3, 0.4) is 0 Å². The van der Waals surface area contributed by atoms with Crippen molar-refractivity contribution >= 4 is 22.6 Å². The summed E-state index contributed by atoms with van der Waals surface area (Å²) in [5.74, 6) is -0.266. The maximum atomic E-state index is 11.2. The fourth-order valence-electron chi connectivity index (χ4n) is 2.12. The number of hydrogen-bond donors (Lipinski definition) is 3. The molecule has 0 amide bonds. The van der Waals surface area contributed by atoms with Gasteiger partial charge in [-0.2, -0.15) is 0 Å². The van der Waals surface area contributed by atoms with Crippen LogP contribution in [0.5, 0.6) is 0 Å². The van der Waals surface area contributed by atoms with Crippen molar-refractivity contribution < 1.29 is 15.0 Å². The van der Waals surface area contributed by atoms with E-state index < -0.39 is 5.97 Å². The first kappa shape index (κ1) is 14.3. The third-order valence-electron chi connectivity index (χ3n) is 3.15. The Kier molecular flexibility index (Phi) is 4.90. The number of nitrogens with one attached hydrogen (secondary N) is 1. The normalized spacial score (nSPS) is 10.7. The van der Waals surface area contributed by atoms with Crippen molar-refractivity contribution in [2.75, 3.05) is 18.5 Å². The maximum Gasteiger partial charge on any atom is 0.337 e. The molecule has 2 aromatic rings. The number of nitrogens with zero attached hydrogens (tertiary/aromatic N) is 1. The SMILES string of the molecule is O=C(O)c1cnc(NCCCCCO)c2ccccc12. The van der Waals surface area contributed by atoms with E-state index >= 15 is 0 Å². The number of aromatic nitrogens is 1. The molecule has 5 heteroatoms. The molecule has 1 aromatic heterocycles. The standard InChI is InChI=1S/C15H18N2O3/c18-9-5-1-4-8-16-14-12-7-3-2-6-11(12)13(10-17-14)15(19)20/h2-3,6-7,10,18H,1,4-5,8-9H2,(H,16,17)(H,19,20). The molecule has 0 saturated carbocycles. The largest absolute Gasteiger partial charge is 0.478 e. The number of aliphatic hydroxyl groups is 1. The molecule has 3 N–H and O–H groups in total. The number of benzene rings is 1. The van der Waals surface area contributed by atoms with Gasteiger partial charge in [0.2, 0.25) is 0 Å². The van der Waals surface area contributed by atoms with Crippen LogP contribution in [0, 0.1) is 0 Å². The second kappa shape index (κ2) is 6.86. The molecular formula is C15H18N2O3. The predicted molar refractivity (Wildman–Crippen MR) is 78.1 cm³/mol. The zero-order valence-electron chi connectivity index (χ0n) is 11.2. The lowest BCUT2D eigenvalue weighted by Crippen LogP contribution is -2.06. The highest BCUT2D eigenvalue weighted by Gasteiger charge is 2.11. The van der Waals surface area contributed by atoms with Gasteiger partial charge >= 0.3 is 5.97 Å². The zero-order chi connectivity index (χ0) is 14.4. The third-order valence-corrected chi connectivity index (χ3v) is 3.15. The van der Waals surface area contributed by atoms with Crippen molar-refractivity contribution in [3.8, 4) is 0 Å². The third kappa shape index (κ3) is 3.24. The summed E-state index contributed by atoms with van der Waals surface area (Å²) in [5, 5.41) is 22.6. The summed E-state index contributed by atoms with van der Waals surface area (Å²) < 4.78 is 0. The van der Waals surface area contributed by atoms with E-state index in [2.05, 4.69) is 10.3 Å². The molecule has 5 nitrogen and oxygen atoms in total. The monoisotopic (exact) mass is 274 g/mol. The van der Waals surface area contributed by atoms with Gasteiger partial charge in [0.25, 0.3) is 0 Å². The van der Waals surface area contributed by atoms with Gasteiger partial charge in [-0.05, 0) is 19.3 Å². The Morgan fingerprint density at radius 2 is 1.90 bits per heavy atom. The van der Waals surface area contributed by atoms with E-state index in [1.165, 1.54) is 6.20 Å². The van der Waals surface area contributed by atoms with Crippen molar-refractivity contribution in [1.82, 2.24) is 4.98 Å². The van der Waals surface area contributed by atoms with E-state index in [0.29, 0.717) is 11.2 Å². The van der Waals surface area contributed by atoms with Crippen LogP contribution in [0.15, 0.2) is 30.5 Å². The number of unbranched alkanes of at least 4 members (excludes halogenated alkanes) is 2. The highest BCUT2D eigenvalue weighted by molar-refractivity contribution is 6.06. The molecule has 0 aliphatic rings. The van der Waals surface area contributed by atoms with Gasteiger partial charge in [0, 0.05) is 30.1 Å². The van der Waals surface area contributed by atoms with E-state index in [-0.39, 0.29) is 12.2 Å². The number of carboxylic acid groups (broad SMARTS) is 1. The molecule has 1 aromatic carbocycles. The van der Waals surface area contributed by atoms with Crippen LogP contribution < -0.4 is 5.32 Å². The van der Waals surface area contributed by atoms with Crippen molar-refractivity contribution in [3.63, 3.8) is 0 Å². The summed E-state index contributed by atoms with van der Waals surface area (Å²) in [6, 6.07) is 7.34. The summed E-state index contributed by atoms with van der Waals surface area (Å²) in [4.78, 5) is 15.4. The van der Waals surface area contributed by atoms with E-state index in [1.54, 1.807) is 6.07 Å². The summed E-state index contributed by atoms with van der Waals surface area (Å²) in [5.41, 5.74) is 0.214. The molecule has 0 spiro atoms. The number of aromatic carboxylic acids is 1. The minimum atomic E-state index is -0.969. The second-order valence-electron chi connectivity index (χ2n) is 4.58. The molecule has 0 bridgehead atoms. The Hall–Kier alpha value is -2.14. The number of anilines is 1. The van der Waals surface area contributed by atoms with E-state index in [9.17, 15) is 4.79 Å². The Morgan fingerprint density at radius 1 is 1.15 bits per heavy atom. The molecule has 20 heavy (non-hydrogen) atoms. The van der Waals surface area contributed by atoms with Crippen molar-refractivity contribution in [3.05, 3.63) is 36.0 Å². The lowest BCUT2D eigenvalue weighted by molar-refractivity contribution is 0.0698.